The van der Waals surface area contributed by atoms with Crippen LogP contribution in [0.5, 0.6) is 5.75 Å². The van der Waals surface area contributed by atoms with Gasteiger partial charge in [0, 0.05) is 0 Å². The Morgan fingerprint density at radius 2 is 1.88 bits per heavy atom. The maximum Gasteiger partial charge on any atom is 0.393 e. The van der Waals surface area contributed by atoms with E-state index in [1.54, 1.807) is 25.1 Å². The average Bonchev–Trinajstić information content (AvgIpc) is 2.22. The Labute approximate surface area is 92.6 Å². The molecule has 1 unspecified atom stereocenters. The van der Waals surface area contributed by atoms with E-state index in [1.165, 1.54) is 6.07 Å². The Hall–Kier alpha value is -1.45. The third-order valence-corrected chi connectivity index (χ3v) is 3.43. The van der Waals surface area contributed by atoms with Crippen molar-refractivity contribution in [3.63, 3.8) is 0 Å². The number of carbonyl (C=O) groups is 2. The molecule has 16 heavy (non-hydrogen) atoms. The Kier molecular flexibility index (Phi) is 3.99. The number of aldehydes is 2. The van der Waals surface area contributed by atoms with Crippen LogP contribution in [0.3, 0.4) is 0 Å². The van der Waals surface area contributed by atoms with Crippen molar-refractivity contribution in [3.05, 3.63) is 29.8 Å². The molecule has 86 valence electrons. The van der Waals surface area contributed by atoms with Gasteiger partial charge < -0.3 is 19.0 Å². The zero-order valence-electron chi connectivity index (χ0n) is 8.57. The third-order valence-electron chi connectivity index (χ3n) is 1.98. The highest BCUT2D eigenvalue weighted by Crippen LogP contribution is 2.46. The monoisotopic (exact) mass is 242 g/mol. The lowest BCUT2D eigenvalue weighted by Gasteiger charge is -2.16. The van der Waals surface area contributed by atoms with E-state index >= 15 is 0 Å². The minimum absolute atomic E-state index is 0.103. The molecular weight excluding hydrogens is 231 g/mol. The van der Waals surface area contributed by atoms with Gasteiger partial charge in [-0.2, -0.15) is 0 Å². The van der Waals surface area contributed by atoms with Gasteiger partial charge in [-0.25, -0.2) is 4.57 Å². The second-order valence-corrected chi connectivity index (χ2v) is 5.09. The highest BCUT2D eigenvalue weighted by molar-refractivity contribution is 7.56. The van der Waals surface area contributed by atoms with Gasteiger partial charge in [-0.15, -0.1) is 0 Å². The summed E-state index contributed by atoms with van der Waals surface area (Å²) in [7, 11) is -4.29. The fourth-order valence-corrected chi connectivity index (χ4v) is 1.96. The highest BCUT2D eigenvalue weighted by atomic mass is 31.2. The molecule has 0 amide bonds. The molecule has 0 saturated carbocycles. The van der Waals surface area contributed by atoms with Crippen LogP contribution in [0.1, 0.15) is 5.56 Å². The normalized spacial score (nSPS) is 14.2. The van der Waals surface area contributed by atoms with Crippen LogP contribution in [0.4, 0.5) is 0 Å². The van der Waals surface area contributed by atoms with E-state index in [1.807, 2.05) is 0 Å². The number of hydrogen-bond donors (Lipinski definition) is 1. The molecule has 0 aliphatic heterocycles. The molecule has 0 bridgehead atoms. The van der Waals surface area contributed by atoms with Gasteiger partial charge in [0.2, 0.25) is 0 Å². The first-order chi connectivity index (χ1) is 7.51. The van der Waals surface area contributed by atoms with Crippen molar-refractivity contribution in [2.24, 2.45) is 0 Å². The minimum Gasteiger partial charge on any atom is -0.423 e. The summed E-state index contributed by atoms with van der Waals surface area (Å²) in [5, 5.41) is 0. The zero-order valence-corrected chi connectivity index (χ0v) is 9.46. The summed E-state index contributed by atoms with van der Waals surface area (Å²) in [6, 6.07) is 6.54. The molecule has 1 N–H and O–H groups in total. The van der Waals surface area contributed by atoms with E-state index in [4.69, 9.17) is 4.52 Å². The Morgan fingerprint density at radius 3 is 2.38 bits per heavy atom. The maximum atomic E-state index is 11.6. The average molecular weight is 242 g/mol. The molecule has 1 aromatic rings. The molecule has 5 nitrogen and oxygen atoms in total. The summed E-state index contributed by atoms with van der Waals surface area (Å²) >= 11 is 0. The van der Waals surface area contributed by atoms with Crippen molar-refractivity contribution in [3.8, 4) is 5.75 Å². The maximum absolute atomic E-state index is 11.6. The van der Waals surface area contributed by atoms with Crippen LogP contribution < -0.4 is 4.52 Å². The van der Waals surface area contributed by atoms with Crippen LogP contribution in [0, 0.1) is 6.92 Å². The predicted octanol–water partition coefficient (Wildman–Crippen LogP) is 1.33. The number of aryl methyl sites for hydroxylation is 1. The smallest absolute Gasteiger partial charge is 0.393 e. The molecule has 6 heteroatoms. The summed E-state index contributed by atoms with van der Waals surface area (Å²) in [6.45, 7) is 1.69. The largest absolute Gasteiger partial charge is 0.423 e. The Bertz CT molecular complexity index is 435. The first kappa shape index (κ1) is 12.6. The van der Waals surface area contributed by atoms with Crippen molar-refractivity contribution in [2.75, 3.05) is 0 Å². The molecule has 0 saturated heterocycles. The van der Waals surface area contributed by atoms with Crippen molar-refractivity contribution in [2.45, 2.75) is 12.6 Å². The van der Waals surface area contributed by atoms with Crippen molar-refractivity contribution in [1.82, 2.24) is 0 Å². The van der Waals surface area contributed by atoms with Gasteiger partial charge in [0.05, 0.1) is 0 Å². The second kappa shape index (κ2) is 5.05. The van der Waals surface area contributed by atoms with Gasteiger partial charge in [-0.3, -0.25) is 0 Å². The van der Waals surface area contributed by atoms with E-state index in [9.17, 15) is 19.0 Å². The lowest BCUT2D eigenvalue weighted by Crippen LogP contribution is -2.15. The van der Waals surface area contributed by atoms with Gasteiger partial charge in [0.15, 0.2) is 5.66 Å². The van der Waals surface area contributed by atoms with Crippen molar-refractivity contribution in [1.29, 1.82) is 0 Å². The van der Waals surface area contributed by atoms with Crippen molar-refractivity contribution < 1.29 is 23.6 Å². The summed E-state index contributed by atoms with van der Waals surface area (Å²) in [5.74, 6) is 0.182. The van der Waals surface area contributed by atoms with E-state index < -0.39 is 13.3 Å². The minimum atomic E-state index is -4.29. The standard InChI is InChI=1S/C10H11O5P/c1-8-4-2-3-5-10(8)15-16(13,14)9(6-11)7-12/h2-7,9H,1H3,(H,13,14). The van der Waals surface area contributed by atoms with Gasteiger partial charge >= 0.3 is 7.60 Å². The van der Waals surface area contributed by atoms with Crippen LogP contribution in [0.2, 0.25) is 0 Å². The van der Waals surface area contributed by atoms with Gasteiger partial charge in [0.1, 0.15) is 18.3 Å². The predicted molar refractivity (Wildman–Crippen MR) is 57.5 cm³/mol. The van der Waals surface area contributed by atoms with Gasteiger partial charge in [-0.05, 0) is 18.6 Å². The fraction of sp³-hybridized carbons (Fsp3) is 0.200. The number of rotatable bonds is 5. The van der Waals surface area contributed by atoms with E-state index in [0.29, 0.717) is 5.56 Å². The molecule has 0 radical (unpaired) electrons. The number of benzene rings is 1. The summed E-state index contributed by atoms with van der Waals surface area (Å²) < 4.78 is 16.4. The van der Waals surface area contributed by atoms with Gasteiger partial charge in [-0.1, -0.05) is 18.2 Å². The fourth-order valence-electron chi connectivity index (χ4n) is 1.05. The SMILES string of the molecule is Cc1ccccc1OP(=O)(O)C(C=O)C=O. The summed E-state index contributed by atoms with van der Waals surface area (Å²) in [4.78, 5) is 30.3. The number of hydrogen-bond acceptors (Lipinski definition) is 4. The molecule has 0 spiro atoms. The topological polar surface area (TPSA) is 80.7 Å². The summed E-state index contributed by atoms with van der Waals surface area (Å²) in [5.41, 5.74) is -1.00. The quantitative estimate of drug-likeness (QED) is 0.478. The second-order valence-electron chi connectivity index (χ2n) is 3.18. The van der Waals surface area contributed by atoms with Crippen LogP contribution in [0.25, 0.3) is 0 Å². The van der Waals surface area contributed by atoms with Gasteiger partial charge in [0.25, 0.3) is 0 Å². The number of para-hydroxylation sites is 1. The molecule has 1 rings (SSSR count). The molecule has 0 aliphatic rings. The lowest BCUT2D eigenvalue weighted by molar-refractivity contribution is -0.114. The first-order valence-corrected chi connectivity index (χ1v) is 6.14. The van der Waals surface area contributed by atoms with Crippen LogP contribution in [-0.4, -0.2) is 23.1 Å². The van der Waals surface area contributed by atoms with Crippen LogP contribution in [-0.2, 0) is 14.2 Å². The first-order valence-electron chi connectivity index (χ1n) is 4.49. The van der Waals surface area contributed by atoms with E-state index in [2.05, 4.69) is 0 Å². The molecule has 0 fully saturated rings. The van der Waals surface area contributed by atoms with E-state index in [0.717, 1.165) is 0 Å². The molecule has 0 heterocycles. The van der Waals surface area contributed by atoms with Crippen LogP contribution in [0.15, 0.2) is 24.3 Å². The molecule has 1 atom stereocenters. The number of carbonyl (C=O) groups excluding carboxylic acids is 2. The van der Waals surface area contributed by atoms with Crippen LogP contribution >= 0.6 is 7.60 Å². The lowest BCUT2D eigenvalue weighted by atomic mass is 10.2. The van der Waals surface area contributed by atoms with E-state index in [-0.39, 0.29) is 18.3 Å². The highest BCUT2D eigenvalue weighted by Gasteiger charge is 2.33. The summed E-state index contributed by atoms with van der Waals surface area (Å²) in [6.07, 6.45) is 0.206. The zero-order chi connectivity index (χ0) is 12.2. The Balaban J connectivity index is 2.96. The molecular formula is C10H11O5P. The molecule has 0 aliphatic carbocycles. The van der Waals surface area contributed by atoms with Crippen molar-refractivity contribution >= 4 is 20.2 Å². The Morgan fingerprint density at radius 1 is 1.31 bits per heavy atom. The third kappa shape index (κ3) is 2.78. The molecule has 0 aromatic heterocycles. The molecule has 1 aromatic carbocycles.